The van der Waals surface area contributed by atoms with E-state index in [0.717, 1.165) is 17.7 Å². The topological polar surface area (TPSA) is 49.9 Å². The zero-order valence-electron chi connectivity index (χ0n) is 17.2. The van der Waals surface area contributed by atoms with Crippen molar-refractivity contribution in [1.82, 2.24) is 4.90 Å². The van der Waals surface area contributed by atoms with Crippen molar-refractivity contribution in [1.29, 1.82) is 0 Å². The molecule has 0 N–H and O–H groups in total. The minimum absolute atomic E-state index is 0.0757. The lowest BCUT2D eigenvalue weighted by Crippen LogP contribution is -2.56. The van der Waals surface area contributed by atoms with Crippen LogP contribution in [0.4, 0.5) is 5.69 Å². The van der Waals surface area contributed by atoms with Crippen LogP contribution in [-0.2, 0) is 14.3 Å². The molecular weight excluding hydrogens is 423 g/mol. The lowest BCUT2D eigenvalue weighted by Gasteiger charge is -2.48. The van der Waals surface area contributed by atoms with Crippen molar-refractivity contribution in [3.8, 4) is 0 Å². The number of hydrogen-bond acceptors (Lipinski definition) is 4. The van der Waals surface area contributed by atoms with Crippen molar-refractivity contribution in [2.75, 3.05) is 24.6 Å². The second kappa shape index (κ2) is 10.2. The zero-order valence-corrected chi connectivity index (χ0v) is 18.7. The Morgan fingerprint density at radius 2 is 1.57 bits per heavy atom. The van der Waals surface area contributed by atoms with Crippen molar-refractivity contribution in [2.24, 2.45) is 0 Å². The third-order valence-corrected chi connectivity index (χ3v) is 5.86. The molecule has 3 rings (SSSR count). The highest BCUT2D eigenvalue weighted by Crippen LogP contribution is 2.36. The molecule has 1 aliphatic rings. The van der Waals surface area contributed by atoms with Gasteiger partial charge >= 0.3 is 5.97 Å². The van der Waals surface area contributed by atoms with Gasteiger partial charge < -0.3 is 14.5 Å². The summed E-state index contributed by atoms with van der Waals surface area (Å²) >= 11 is 12.2. The Bertz CT molecular complexity index is 871. The number of rotatable bonds is 6. The molecule has 1 amide bonds. The number of benzene rings is 2. The summed E-state index contributed by atoms with van der Waals surface area (Å²) in [6.45, 7) is 5.12. The van der Waals surface area contributed by atoms with Gasteiger partial charge in [0, 0.05) is 34.9 Å². The molecule has 0 aromatic heterocycles. The molecule has 0 aliphatic carbocycles. The summed E-state index contributed by atoms with van der Waals surface area (Å²) < 4.78 is 4.96. The van der Waals surface area contributed by atoms with Crippen molar-refractivity contribution in [3.05, 3.63) is 64.1 Å². The summed E-state index contributed by atoms with van der Waals surface area (Å²) in [7, 11) is 0. The Morgan fingerprint density at radius 1 is 0.967 bits per heavy atom. The van der Waals surface area contributed by atoms with E-state index in [1.165, 1.54) is 0 Å². The van der Waals surface area contributed by atoms with E-state index in [9.17, 15) is 9.59 Å². The summed E-state index contributed by atoms with van der Waals surface area (Å²) in [4.78, 5) is 28.8. The number of ether oxygens (including phenoxy) is 1. The first-order chi connectivity index (χ1) is 14.4. The van der Waals surface area contributed by atoms with Crippen LogP contribution in [0.15, 0.2) is 48.5 Å². The molecule has 7 heteroatoms. The first kappa shape index (κ1) is 22.4. The highest BCUT2D eigenvalue weighted by Gasteiger charge is 2.37. The molecule has 1 aliphatic heterocycles. The van der Waals surface area contributed by atoms with Gasteiger partial charge in [-0.05, 0) is 55.3 Å². The number of carbonyl (C=O) groups is 2. The first-order valence-electron chi connectivity index (χ1n) is 10.2. The monoisotopic (exact) mass is 448 g/mol. The van der Waals surface area contributed by atoms with E-state index in [4.69, 9.17) is 27.9 Å². The number of esters is 1. The average Bonchev–Trinajstić information content (AvgIpc) is 2.74. The average molecular weight is 449 g/mol. The molecule has 2 unspecified atom stereocenters. The van der Waals surface area contributed by atoms with Gasteiger partial charge in [0.1, 0.15) is 6.42 Å². The normalized spacial score (nSPS) is 18.9. The van der Waals surface area contributed by atoms with Crippen molar-refractivity contribution >= 4 is 40.8 Å². The third-order valence-electron chi connectivity index (χ3n) is 5.36. The van der Waals surface area contributed by atoms with E-state index in [-0.39, 0.29) is 31.0 Å². The van der Waals surface area contributed by atoms with Crippen LogP contribution >= 0.6 is 23.2 Å². The van der Waals surface area contributed by atoms with Gasteiger partial charge in [0.25, 0.3) is 0 Å². The fourth-order valence-corrected chi connectivity index (χ4v) is 4.15. The zero-order chi connectivity index (χ0) is 21.7. The van der Waals surface area contributed by atoms with Crippen LogP contribution in [0, 0.1) is 0 Å². The van der Waals surface area contributed by atoms with Crippen LogP contribution in [0.1, 0.15) is 38.3 Å². The second-order valence-corrected chi connectivity index (χ2v) is 8.17. The van der Waals surface area contributed by atoms with Crippen LogP contribution in [0.2, 0.25) is 10.0 Å². The Morgan fingerprint density at radius 3 is 2.13 bits per heavy atom. The molecular formula is C23H26Cl2N2O3. The van der Waals surface area contributed by atoms with Crippen LogP contribution in [0.3, 0.4) is 0 Å². The number of amides is 1. The minimum Gasteiger partial charge on any atom is -0.466 e. The van der Waals surface area contributed by atoms with Crippen LogP contribution in [0.25, 0.3) is 0 Å². The quantitative estimate of drug-likeness (QED) is 0.454. The van der Waals surface area contributed by atoms with Crippen LogP contribution in [0.5, 0.6) is 0 Å². The van der Waals surface area contributed by atoms with Gasteiger partial charge in [-0.25, -0.2) is 0 Å². The van der Waals surface area contributed by atoms with Crippen LogP contribution < -0.4 is 4.90 Å². The highest BCUT2D eigenvalue weighted by molar-refractivity contribution is 6.30. The molecule has 5 nitrogen and oxygen atoms in total. The highest BCUT2D eigenvalue weighted by atomic mass is 35.5. The number of anilines is 1. The molecule has 0 radical (unpaired) electrons. The molecule has 0 bridgehead atoms. The summed E-state index contributed by atoms with van der Waals surface area (Å²) in [5, 5.41) is 1.34. The maximum absolute atomic E-state index is 12.8. The van der Waals surface area contributed by atoms with Crippen molar-refractivity contribution in [2.45, 2.75) is 38.8 Å². The molecule has 2 atom stereocenters. The minimum atomic E-state index is -0.487. The first-order valence-corrected chi connectivity index (χ1v) is 10.9. The van der Waals surface area contributed by atoms with Gasteiger partial charge in [0.15, 0.2) is 0 Å². The Balaban J connectivity index is 1.93. The molecule has 0 spiro atoms. The van der Waals surface area contributed by atoms with E-state index < -0.39 is 5.97 Å². The van der Waals surface area contributed by atoms with E-state index in [1.54, 1.807) is 11.8 Å². The summed E-state index contributed by atoms with van der Waals surface area (Å²) in [6, 6.07) is 15.5. The third kappa shape index (κ3) is 5.27. The van der Waals surface area contributed by atoms with E-state index in [0.29, 0.717) is 23.1 Å². The van der Waals surface area contributed by atoms with Crippen LogP contribution in [-0.4, -0.2) is 42.5 Å². The largest absolute Gasteiger partial charge is 0.466 e. The number of hydrogen-bond donors (Lipinski definition) is 0. The number of nitrogens with zero attached hydrogens (tertiary/aromatic N) is 2. The molecule has 1 fully saturated rings. The number of halogens is 2. The van der Waals surface area contributed by atoms with Gasteiger partial charge in [-0.3, -0.25) is 9.59 Å². The summed E-state index contributed by atoms with van der Waals surface area (Å²) in [5.74, 6) is -0.694. The Labute approximate surface area is 187 Å². The van der Waals surface area contributed by atoms with Crippen molar-refractivity contribution < 1.29 is 14.3 Å². The van der Waals surface area contributed by atoms with Gasteiger partial charge in [0.2, 0.25) is 5.91 Å². The van der Waals surface area contributed by atoms with Gasteiger partial charge in [-0.1, -0.05) is 42.3 Å². The van der Waals surface area contributed by atoms with Gasteiger partial charge in [-0.2, -0.15) is 0 Å². The summed E-state index contributed by atoms with van der Waals surface area (Å²) in [5.41, 5.74) is 2.10. The maximum Gasteiger partial charge on any atom is 0.315 e. The molecule has 1 heterocycles. The molecule has 1 saturated heterocycles. The predicted octanol–water partition coefficient (Wildman–Crippen LogP) is 5.12. The predicted molar refractivity (Wildman–Crippen MR) is 120 cm³/mol. The molecule has 2 aromatic carbocycles. The van der Waals surface area contributed by atoms with E-state index in [2.05, 4.69) is 11.8 Å². The molecule has 160 valence electrons. The Hall–Kier alpha value is -2.24. The van der Waals surface area contributed by atoms with Gasteiger partial charge in [0.05, 0.1) is 12.6 Å². The standard InChI is InChI=1S/C23H26Cl2N2O3/c1-3-19-14-26(22(28)13-23(29)30-4-2)15-21(16-5-7-17(24)8-6-16)27(19)20-11-9-18(25)10-12-20/h5-12,19,21H,3-4,13-15H2,1-2H3. The smallest absolute Gasteiger partial charge is 0.315 e. The fraction of sp³-hybridized carbons (Fsp3) is 0.391. The van der Waals surface area contributed by atoms with E-state index >= 15 is 0 Å². The SMILES string of the molecule is CCOC(=O)CC(=O)N1CC(CC)N(c2ccc(Cl)cc2)C(c2ccc(Cl)cc2)C1. The van der Waals surface area contributed by atoms with E-state index in [1.807, 2.05) is 48.5 Å². The number of carbonyl (C=O) groups excluding carboxylic acids is 2. The molecule has 0 saturated carbocycles. The summed E-state index contributed by atoms with van der Waals surface area (Å²) in [6.07, 6.45) is 0.606. The van der Waals surface area contributed by atoms with Gasteiger partial charge in [-0.15, -0.1) is 0 Å². The maximum atomic E-state index is 12.8. The lowest BCUT2D eigenvalue weighted by atomic mass is 9.96. The molecule has 30 heavy (non-hydrogen) atoms. The fourth-order valence-electron chi connectivity index (χ4n) is 3.90. The molecule has 2 aromatic rings. The number of piperazine rings is 1. The Kier molecular flexibility index (Phi) is 7.62. The second-order valence-electron chi connectivity index (χ2n) is 7.29. The van der Waals surface area contributed by atoms with Crippen molar-refractivity contribution in [3.63, 3.8) is 0 Å². The lowest BCUT2D eigenvalue weighted by molar-refractivity contribution is -0.149.